The van der Waals surface area contributed by atoms with Gasteiger partial charge in [-0.3, -0.25) is 4.79 Å². The lowest BCUT2D eigenvalue weighted by Gasteiger charge is -2.06. The molecule has 1 aliphatic carbocycles. The van der Waals surface area contributed by atoms with Crippen LogP contribution in [0.3, 0.4) is 0 Å². The molecule has 0 aromatic rings. The van der Waals surface area contributed by atoms with Gasteiger partial charge in [0.1, 0.15) is 0 Å². The molecule has 0 saturated carbocycles. The van der Waals surface area contributed by atoms with E-state index in [0.717, 1.165) is 5.57 Å². The summed E-state index contributed by atoms with van der Waals surface area (Å²) in [5.74, 6) is 0.180. The minimum Gasteiger partial charge on any atom is -0.377 e. The third-order valence-electron chi connectivity index (χ3n) is 1.57. The van der Waals surface area contributed by atoms with Gasteiger partial charge in [-0.05, 0) is 18.6 Å². The van der Waals surface area contributed by atoms with E-state index in [-0.39, 0.29) is 11.9 Å². The summed E-state index contributed by atoms with van der Waals surface area (Å²) in [6, 6.07) is 0. The molecule has 0 amide bonds. The van der Waals surface area contributed by atoms with E-state index in [1.807, 2.05) is 6.92 Å². The highest BCUT2D eigenvalue weighted by Gasteiger charge is 2.20. The molecule has 9 heavy (non-hydrogen) atoms. The van der Waals surface area contributed by atoms with Gasteiger partial charge >= 0.3 is 0 Å². The molecule has 2 nitrogen and oxygen atoms in total. The van der Waals surface area contributed by atoms with Crippen molar-refractivity contribution in [1.29, 1.82) is 0 Å². The summed E-state index contributed by atoms with van der Waals surface area (Å²) in [4.78, 5) is 10.7. The minimum atomic E-state index is 0.0532. The van der Waals surface area contributed by atoms with Gasteiger partial charge in [-0.2, -0.15) is 0 Å². The first kappa shape index (κ1) is 6.49. The summed E-state index contributed by atoms with van der Waals surface area (Å²) < 4.78 is 5.00. The van der Waals surface area contributed by atoms with Crippen molar-refractivity contribution in [3.63, 3.8) is 0 Å². The fourth-order valence-corrected chi connectivity index (χ4v) is 1.02. The Hall–Kier alpha value is -0.630. The Balaban J connectivity index is 2.64. The summed E-state index contributed by atoms with van der Waals surface area (Å²) >= 11 is 0. The van der Waals surface area contributed by atoms with Crippen LogP contribution < -0.4 is 0 Å². The maximum Gasteiger partial charge on any atom is 0.158 e. The first-order valence-electron chi connectivity index (χ1n) is 2.98. The van der Waals surface area contributed by atoms with Crippen LogP contribution in [0.5, 0.6) is 0 Å². The van der Waals surface area contributed by atoms with Crippen molar-refractivity contribution in [3.05, 3.63) is 11.6 Å². The third kappa shape index (κ3) is 1.19. The van der Waals surface area contributed by atoms with E-state index in [9.17, 15) is 4.79 Å². The van der Waals surface area contributed by atoms with Crippen LogP contribution in [0.25, 0.3) is 0 Å². The van der Waals surface area contributed by atoms with Crippen LogP contribution in [0.15, 0.2) is 11.6 Å². The monoisotopic (exact) mass is 126 g/mol. The van der Waals surface area contributed by atoms with E-state index >= 15 is 0 Å². The third-order valence-corrected chi connectivity index (χ3v) is 1.57. The first-order chi connectivity index (χ1) is 4.24. The molecule has 0 spiro atoms. The van der Waals surface area contributed by atoms with Gasteiger partial charge in [0.25, 0.3) is 0 Å². The Morgan fingerprint density at radius 3 is 2.67 bits per heavy atom. The molecule has 2 heteroatoms. The Morgan fingerprint density at radius 2 is 2.44 bits per heavy atom. The van der Waals surface area contributed by atoms with Gasteiger partial charge in [0.05, 0.1) is 6.10 Å². The normalized spacial score (nSPS) is 26.7. The lowest BCUT2D eigenvalue weighted by Crippen LogP contribution is -2.08. The van der Waals surface area contributed by atoms with Crippen LogP contribution in [0.4, 0.5) is 0 Å². The molecular formula is C7H10O2. The second-order valence-electron chi connectivity index (χ2n) is 2.28. The average Bonchev–Trinajstić information content (AvgIpc) is 2.10. The number of rotatable bonds is 1. The smallest absolute Gasteiger partial charge is 0.158 e. The molecule has 1 aliphatic rings. The molecule has 0 heterocycles. The Morgan fingerprint density at radius 1 is 1.78 bits per heavy atom. The van der Waals surface area contributed by atoms with Crippen molar-refractivity contribution in [2.45, 2.75) is 19.4 Å². The maximum absolute atomic E-state index is 10.7. The molecule has 1 unspecified atom stereocenters. The van der Waals surface area contributed by atoms with Crippen molar-refractivity contribution in [2.24, 2.45) is 0 Å². The molecule has 1 rings (SSSR count). The number of ketones is 1. The Kier molecular flexibility index (Phi) is 1.67. The predicted octanol–water partition coefficient (Wildman–Crippen LogP) is 0.920. The number of carbonyl (C=O) groups is 1. The molecule has 0 aromatic heterocycles. The van der Waals surface area contributed by atoms with Crippen molar-refractivity contribution in [1.82, 2.24) is 0 Å². The van der Waals surface area contributed by atoms with Crippen LogP contribution in [0, 0.1) is 0 Å². The number of hydrogen-bond acceptors (Lipinski definition) is 2. The van der Waals surface area contributed by atoms with E-state index in [1.165, 1.54) is 0 Å². The van der Waals surface area contributed by atoms with Gasteiger partial charge in [-0.1, -0.05) is 0 Å². The molecule has 0 aliphatic heterocycles. The number of ether oxygens (including phenoxy) is 1. The van der Waals surface area contributed by atoms with Crippen molar-refractivity contribution in [2.75, 3.05) is 7.11 Å². The van der Waals surface area contributed by atoms with Crippen molar-refractivity contribution < 1.29 is 9.53 Å². The largest absolute Gasteiger partial charge is 0.377 e. The number of methoxy groups -OCH3 is 1. The lowest BCUT2D eigenvalue weighted by atomic mass is 10.2. The highest BCUT2D eigenvalue weighted by atomic mass is 16.5. The zero-order valence-corrected chi connectivity index (χ0v) is 5.68. The molecule has 50 valence electrons. The molecule has 0 saturated heterocycles. The van der Waals surface area contributed by atoms with Crippen LogP contribution in [0.2, 0.25) is 0 Å². The van der Waals surface area contributed by atoms with E-state index in [2.05, 4.69) is 0 Å². The van der Waals surface area contributed by atoms with E-state index in [4.69, 9.17) is 4.74 Å². The lowest BCUT2D eigenvalue weighted by molar-refractivity contribution is -0.115. The van der Waals surface area contributed by atoms with Crippen molar-refractivity contribution in [3.8, 4) is 0 Å². The fraction of sp³-hybridized carbons (Fsp3) is 0.571. The summed E-state index contributed by atoms with van der Waals surface area (Å²) in [6.07, 6.45) is 2.23. The van der Waals surface area contributed by atoms with Crippen LogP contribution in [0.1, 0.15) is 13.3 Å². The SMILES string of the molecule is COC1CC(=O)C=C1C. The van der Waals surface area contributed by atoms with Gasteiger partial charge in [0, 0.05) is 13.5 Å². The number of allylic oxidation sites excluding steroid dienone is 1. The van der Waals surface area contributed by atoms with Gasteiger partial charge in [-0.25, -0.2) is 0 Å². The van der Waals surface area contributed by atoms with Crippen molar-refractivity contribution >= 4 is 5.78 Å². The van der Waals surface area contributed by atoms with Crippen LogP contribution in [-0.2, 0) is 9.53 Å². The average molecular weight is 126 g/mol. The van der Waals surface area contributed by atoms with E-state index in [1.54, 1.807) is 13.2 Å². The van der Waals surface area contributed by atoms with Gasteiger partial charge in [-0.15, -0.1) is 0 Å². The van der Waals surface area contributed by atoms with E-state index in [0.29, 0.717) is 6.42 Å². The topological polar surface area (TPSA) is 26.3 Å². The minimum absolute atomic E-state index is 0.0532. The van der Waals surface area contributed by atoms with Crippen LogP contribution in [-0.4, -0.2) is 19.0 Å². The number of carbonyl (C=O) groups excluding carboxylic acids is 1. The molecular weight excluding hydrogens is 116 g/mol. The van der Waals surface area contributed by atoms with Gasteiger partial charge in [0.15, 0.2) is 5.78 Å². The zero-order valence-electron chi connectivity index (χ0n) is 5.68. The molecule has 0 fully saturated rings. The quantitative estimate of drug-likeness (QED) is 0.522. The molecule has 0 radical (unpaired) electrons. The Labute approximate surface area is 54.5 Å². The summed E-state index contributed by atoms with van der Waals surface area (Å²) in [5.41, 5.74) is 1.04. The zero-order chi connectivity index (χ0) is 6.85. The molecule has 1 atom stereocenters. The number of hydrogen-bond donors (Lipinski definition) is 0. The highest BCUT2D eigenvalue weighted by molar-refractivity contribution is 5.93. The fourth-order valence-electron chi connectivity index (χ4n) is 1.02. The highest BCUT2D eigenvalue weighted by Crippen LogP contribution is 2.17. The Bertz CT molecular complexity index is 158. The second-order valence-corrected chi connectivity index (χ2v) is 2.28. The molecule has 0 bridgehead atoms. The summed E-state index contributed by atoms with van der Waals surface area (Å²) in [6.45, 7) is 1.92. The summed E-state index contributed by atoms with van der Waals surface area (Å²) in [7, 11) is 1.63. The first-order valence-corrected chi connectivity index (χ1v) is 2.98. The molecule has 0 N–H and O–H groups in total. The van der Waals surface area contributed by atoms with Gasteiger partial charge in [0.2, 0.25) is 0 Å². The predicted molar refractivity (Wildman–Crippen MR) is 34.2 cm³/mol. The molecule has 0 aromatic carbocycles. The maximum atomic E-state index is 10.7. The van der Waals surface area contributed by atoms with Gasteiger partial charge < -0.3 is 4.74 Å². The van der Waals surface area contributed by atoms with Crippen LogP contribution >= 0.6 is 0 Å². The standard InChI is InChI=1S/C7H10O2/c1-5-3-6(8)4-7(5)9-2/h3,7H,4H2,1-2H3. The summed E-state index contributed by atoms with van der Waals surface area (Å²) in [5, 5.41) is 0. The second kappa shape index (κ2) is 2.31. The van der Waals surface area contributed by atoms with E-state index < -0.39 is 0 Å².